The van der Waals surface area contributed by atoms with E-state index in [9.17, 15) is 14.0 Å². The summed E-state index contributed by atoms with van der Waals surface area (Å²) in [5.74, 6) is -1.42. The zero-order chi connectivity index (χ0) is 14.4. The summed E-state index contributed by atoms with van der Waals surface area (Å²) >= 11 is 0. The Hall–Kier alpha value is -2.11. The van der Waals surface area contributed by atoms with E-state index >= 15 is 0 Å². The number of benzene rings is 1. The number of amides is 1. The van der Waals surface area contributed by atoms with Crippen LogP contribution >= 0.6 is 0 Å². The number of nitrogen functional groups attached to an aromatic ring is 1. The lowest BCUT2D eigenvalue weighted by molar-refractivity contribution is -0.140. The third-order valence-corrected chi connectivity index (χ3v) is 2.67. The van der Waals surface area contributed by atoms with Gasteiger partial charge in [0.05, 0.1) is 12.7 Å². The second-order valence-electron chi connectivity index (χ2n) is 4.15. The van der Waals surface area contributed by atoms with E-state index in [1.807, 2.05) is 0 Å². The molecule has 6 heteroatoms. The summed E-state index contributed by atoms with van der Waals surface area (Å²) in [6, 6.07) is 3.93. The number of nitrogens with zero attached hydrogens (tertiary/aromatic N) is 1. The highest BCUT2D eigenvalue weighted by atomic mass is 19.1. The fraction of sp³-hybridized carbons (Fsp3) is 0.385. The number of methoxy groups -OCH3 is 1. The summed E-state index contributed by atoms with van der Waals surface area (Å²) in [5.41, 5.74) is 5.65. The van der Waals surface area contributed by atoms with E-state index < -0.39 is 11.7 Å². The second-order valence-corrected chi connectivity index (χ2v) is 4.15. The Balaban J connectivity index is 2.59. The Morgan fingerprint density at radius 2 is 2.11 bits per heavy atom. The molecule has 0 spiro atoms. The number of ether oxygens (including phenoxy) is 1. The number of carbonyl (C=O) groups excluding carboxylic acids is 2. The van der Waals surface area contributed by atoms with Gasteiger partial charge in [0.15, 0.2) is 0 Å². The van der Waals surface area contributed by atoms with Crippen LogP contribution in [0.25, 0.3) is 0 Å². The minimum Gasteiger partial charge on any atom is -0.469 e. The first-order valence-electron chi connectivity index (χ1n) is 5.83. The quantitative estimate of drug-likeness (QED) is 0.647. The van der Waals surface area contributed by atoms with Crippen LogP contribution in [-0.4, -0.2) is 37.5 Å². The van der Waals surface area contributed by atoms with Crippen LogP contribution in [0, 0.1) is 5.82 Å². The largest absolute Gasteiger partial charge is 0.469 e. The highest BCUT2D eigenvalue weighted by Crippen LogP contribution is 2.14. The maximum atomic E-state index is 13.6. The van der Waals surface area contributed by atoms with E-state index in [2.05, 4.69) is 4.74 Å². The van der Waals surface area contributed by atoms with Crippen molar-refractivity contribution in [2.75, 3.05) is 26.4 Å². The molecule has 19 heavy (non-hydrogen) atoms. The molecule has 5 nitrogen and oxygen atoms in total. The maximum Gasteiger partial charge on any atom is 0.305 e. The number of halogens is 1. The SMILES string of the molecule is COC(=O)CCCN(C)C(=O)c1ccc(N)cc1F. The van der Waals surface area contributed by atoms with Crippen LogP contribution in [0.1, 0.15) is 23.2 Å². The molecule has 0 aliphatic heterocycles. The molecule has 2 N–H and O–H groups in total. The summed E-state index contributed by atoms with van der Waals surface area (Å²) in [6.45, 7) is 0.345. The molecule has 0 unspecified atom stereocenters. The fourth-order valence-electron chi connectivity index (χ4n) is 1.57. The predicted octanol–water partition coefficient (Wildman–Crippen LogP) is 1.43. The van der Waals surface area contributed by atoms with Crippen molar-refractivity contribution in [1.29, 1.82) is 0 Å². The molecule has 1 amide bonds. The first-order valence-corrected chi connectivity index (χ1v) is 5.83. The Kier molecular flexibility index (Phi) is 5.29. The molecule has 0 heterocycles. The van der Waals surface area contributed by atoms with Gasteiger partial charge in [-0.3, -0.25) is 9.59 Å². The number of carbonyl (C=O) groups is 2. The molecule has 0 fully saturated rings. The highest BCUT2D eigenvalue weighted by molar-refractivity contribution is 5.94. The number of esters is 1. The first kappa shape index (κ1) is 14.9. The Morgan fingerprint density at radius 3 is 2.68 bits per heavy atom. The molecule has 0 bridgehead atoms. The van der Waals surface area contributed by atoms with E-state index in [4.69, 9.17) is 5.73 Å². The van der Waals surface area contributed by atoms with Crippen LogP contribution in [-0.2, 0) is 9.53 Å². The number of hydrogen-bond acceptors (Lipinski definition) is 4. The topological polar surface area (TPSA) is 72.6 Å². The van der Waals surface area contributed by atoms with Gasteiger partial charge in [0.25, 0.3) is 5.91 Å². The third-order valence-electron chi connectivity index (χ3n) is 2.67. The summed E-state index contributed by atoms with van der Waals surface area (Å²) in [4.78, 5) is 24.2. The standard InChI is InChI=1S/C13H17FN2O3/c1-16(7-3-4-12(17)19-2)13(18)10-6-5-9(15)8-11(10)14/h5-6,8H,3-4,7,15H2,1-2H3. The molecule has 104 valence electrons. The van der Waals surface area contributed by atoms with Gasteiger partial charge in [-0.15, -0.1) is 0 Å². The predicted molar refractivity (Wildman–Crippen MR) is 69.0 cm³/mol. The van der Waals surface area contributed by atoms with Crippen LogP contribution in [0.4, 0.5) is 10.1 Å². The van der Waals surface area contributed by atoms with Gasteiger partial charge in [0, 0.05) is 25.7 Å². The molecule has 0 aliphatic rings. The van der Waals surface area contributed by atoms with Crippen molar-refractivity contribution >= 4 is 17.6 Å². The van der Waals surface area contributed by atoms with Gasteiger partial charge in [-0.05, 0) is 24.6 Å². The van der Waals surface area contributed by atoms with Crippen molar-refractivity contribution < 1.29 is 18.7 Å². The molecule has 0 saturated carbocycles. The number of rotatable bonds is 5. The molecule has 0 atom stereocenters. The van der Waals surface area contributed by atoms with Gasteiger partial charge in [-0.25, -0.2) is 4.39 Å². The Labute approximate surface area is 111 Å². The summed E-state index contributed by atoms with van der Waals surface area (Å²) < 4.78 is 18.1. The molecule has 1 rings (SSSR count). The van der Waals surface area contributed by atoms with E-state index in [-0.39, 0.29) is 23.6 Å². The summed E-state index contributed by atoms with van der Waals surface area (Å²) in [5, 5.41) is 0. The van der Waals surface area contributed by atoms with Crippen molar-refractivity contribution in [2.24, 2.45) is 0 Å². The second kappa shape index (κ2) is 6.72. The van der Waals surface area contributed by atoms with E-state index in [1.54, 1.807) is 7.05 Å². The molecule has 0 saturated heterocycles. The van der Waals surface area contributed by atoms with Crippen molar-refractivity contribution in [3.8, 4) is 0 Å². The van der Waals surface area contributed by atoms with Crippen molar-refractivity contribution in [1.82, 2.24) is 4.90 Å². The molecule has 1 aromatic carbocycles. The minimum atomic E-state index is -0.648. The summed E-state index contributed by atoms with van der Waals surface area (Å²) in [6.07, 6.45) is 0.684. The third kappa shape index (κ3) is 4.24. The van der Waals surface area contributed by atoms with Crippen LogP contribution in [0.5, 0.6) is 0 Å². The lowest BCUT2D eigenvalue weighted by Crippen LogP contribution is -2.29. The van der Waals surface area contributed by atoms with Crippen molar-refractivity contribution in [3.63, 3.8) is 0 Å². The molecule has 0 aromatic heterocycles. The average Bonchev–Trinajstić information content (AvgIpc) is 2.37. The molecule has 0 radical (unpaired) electrons. The van der Waals surface area contributed by atoms with Gasteiger partial charge >= 0.3 is 5.97 Å². The molecular weight excluding hydrogens is 251 g/mol. The van der Waals surface area contributed by atoms with Crippen LogP contribution in [0.2, 0.25) is 0 Å². The molecule has 0 aliphatic carbocycles. The average molecular weight is 268 g/mol. The fourth-order valence-corrected chi connectivity index (χ4v) is 1.57. The van der Waals surface area contributed by atoms with Gasteiger partial charge in [-0.2, -0.15) is 0 Å². The smallest absolute Gasteiger partial charge is 0.305 e. The van der Waals surface area contributed by atoms with Crippen molar-refractivity contribution in [3.05, 3.63) is 29.6 Å². The first-order chi connectivity index (χ1) is 8.95. The summed E-state index contributed by atoms with van der Waals surface area (Å²) in [7, 11) is 2.86. The monoisotopic (exact) mass is 268 g/mol. The van der Waals surface area contributed by atoms with E-state index in [0.717, 1.165) is 6.07 Å². The molecular formula is C13H17FN2O3. The number of nitrogens with two attached hydrogens (primary N) is 1. The van der Waals surface area contributed by atoms with Gasteiger partial charge in [-0.1, -0.05) is 0 Å². The molecule has 1 aromatic rings. The zero-order valence-corrected chi connectivity index (χ0v) is 11.0. The van der Waals surface area contributed by atoms with E-state index in [0.29, 0.717) is 13.0 Å². The Morgan fingerprint density at radius 1 is 1.42 bits per heavy atom. The van der Waals surface area contributed by atoms with Crippen molar-refractivity contribution in [2.45, 2.75) is 12.8 Å². The van der Waals surface area contributed by atoms with Crippen LogP contribution in [0.15, 0.2) is 18.2 Å². The van der Waals surface area contributed by atoms with Gasteiger partial charge in [0.2, 0.25) is 0 Å². The van der Waals surface area contributed by atoms with Gasteiger partial charge in [0.1, 0.15) is 5.82 Å². The number of hydrogen-bond donors (Lipinski definition) is 1. The van der Waals surface area contributed by atoms with Crippen LogP contribution < -0.4 is 5.73 Å². The van der Waals surface area contributed by atoms with Gasteiger partial charge < -0.3 is 15.4 Å². The maximum absolute atomic E-state index is 13.6. The van der Waals surface area contributed by atoms with E-state index in [1.165, 1.54) is 24.1 Å². The normalized spacial score (nSPS) is 10.1. The lowest BCUT2D eigenvalue weighted by atomic mass is 10.1. The number of anilines is 1. The zero-order valence-electron chi connectivity index (χ0n) is 11.0. The van der Waals surface area contributed by atoms with Crippen LogP contribution in [0.3, 0.4) is 0 Å². The highest BCUT2D eigenvalue weighted by Gasteiger charge is 2.16. The minimum absolute atomic E-state index is 0.0326. The Bertz CT molecular complexity index is 477. The lowest BCUT2D eigenvalue weighted by Gasteiger charge is -2.17.